The molecule has 0 aromatic heterocycles. The van der Waals surface area contributed by atoms with Crippen LogP contribution in [0.4, 0.5) is 9.18 Å². The average Bonchev–Trinajstić information content (AvgIpc) is 2.77. The Morgan fingerprint density at radius 2 is 2.00 bits per heavy atom. The normalized spacial score (nSPS) is 21.6. The van der Waals surface area contributed by atoms with Gasteiger partial charge in [0.05, 0.1) is 5.75 Å². The van der Waals surface area contributed by atoms with Crippen molar-refractivity contribution in [3.63, 3.8) is 0 Å². The maximum atomic E-state index is 12.9. The second-order valence-electron chi connectivity index (χ2n) is 5.80. The van der Waals surface area contributed by atoms with Gasteiger partial charge in [-0.15, -0.1) is 11.8 Å². The van der Waals surface area contributed by atoms with Crippen LogP contribution in [0.3, 0.4) is 0 Å². The Morgan fingerprint density at radius 1 is 1.38 bits per heavy atom. The number of urea groups is 1. The number of carbonyl (C=O) groups is 3. The van der Waals surface area contributed by atoms with Gasteiger partial charge in [-0.25, -0.2) is 9.18 Å². The molecule has 1 aromatic carbocycles. The molecule has 0 spiro atoms. The molecule has 2 atom stereocenters. The Morgan fingerprint density at radius 3 is 2.54 bits per heavy atom. The van der Waals surface area contributed by atoms with E-state index in [0.29, 0.717) is 6.42 Å². The van der Waals surface area contributed by atoms with Crippen LogP contribution >= 0.6 is 11.8 Å². The molecule has 4 amide bonds. The molecule has 1 heterocycles. The Labute approximate surface area is 144 Å². The number of benzene rings is 1. The summed E-state index contributed by atoms with van der Waals surface area (Å²) in [6.45, 7) is 5.29. The van der Waals surface area contributed by atoms with Gasteiger partial charge in [-0.1, -0.05) is 19.1 Å². The fraction of sp³-hybridized carbons (Fsp3) is 0.438. The maximum absolute atomic E-state index is 12.9. The van der Waals surface area contributed by atoms with E-state index in [4.69, 9.17) is 0 Å². The van der Waals surface area contributed by atoms with Crippen molar-refractivity contribution in [2.45, 2.75) is 38.0 Å². The first kappa shape index (κ1) is 18.3. The molecule has 6 nitrogen and oxygen atoms in total. The van der Waals surface area contributed by atoms with E-state index in [1.165, 1.54) is 23.9 Å². The molecule has 0 saturated carbocycles. The minimum atomic E-state index is -0.987. The zero-order valence-electron chi connectivity index (χ0n) is 13.8. The molecule has 0 aliphatic carbocycles. The van der Waals surface area contributed by atoms with Gasteiger partial charge in [0, 0.05) is 5.25 Å². The molecular weight excluding hydrogens is 333 g/mol. The highest BCUT2D eigenvalue weighted by Gasteiger charge is 2.47. The fourth-order valence-corrected chi connectivity index (χ4v) is 3.03. The highest BCUT2D eigenvalue weighted by atomic mass is 32.2. The number of halogens is 1. The van der Waals surface area contributed by atoms with Gasteiger partial charge in [0.25, 0.3) is 5.91 Å². The van der Waals surface area contributed by atoms with Crippen molar-refractivity contribution < 1.29 is 18.8 Å². The molecule has 2 rings (SSSR count). The van der Waals surface area contributed by atoms with Crippen molar-refractivity contribution in [3.8, 4) is 0 Å². The van der Waals surface area contributed by atoms with Crippen LogP contribution in [0.1, 0.15) is 38.0 Å². The van der Waals surface area contributed by atoms with E-state index < -0.39 is 23.4 Å². The Balaban J connectivity index is 1.88. The first-order valence-corrected chi connectivity index (χ1v) is 8.65. The van der Waals surface area contributed by atoms with E-state index in [2.05, 4.69) is 10.7 Å². The summed E-state index contributed by atoms with van der Waals surface area (Å²) in [5, 5.41) is 3.27. The standard InChI is InChI=1S/C16H20FN3O3S/c1-4-16(3)14(22)20(15(23)18-16)19-13(21)9-24-10(2)11-5-7-12(17)8-6-11/h5-8,10H,4,9H2,1-3H3,(H,18,23)(H,19,21). The third kappa shape index (κ3) is 3.87. The Bertz CT molecular complexity index is 652. The van der Waals surface area contributed by atoms with Crippen molar-refractivity contribution in [1.29, 1.82) is 0 Å². The molecule has 2 N–H and O–H groups in total. The summed E-state index contributed by atoms with van der Waals surface area (Å²) >= 11 is 1.33. The van der Waals surface area contributed by atoms with Crippen LogP contribution in [0, 0.1) is 5.82 Å². The second kappa shape index (κ2) is 7.21. The summed E-state index contributed by atoms with van der Waals surface area (Å²) in [7, 11) is 0. The van der Waals surface area contributed by atoms with Gasteiger partial charge < -0.3 is 5.32 Å². The average molecular weight is 353 g/mol. The first-order chi connectivity index (χ1) is 11.3. The Kier molecular flexibility index (Phi) is 5.48. The number of nitrogens with zero attached hydrogens (tertiary/aromatic N) is 1. The van der Waals surface area contributed by atoms with Crippen LogP contribution in [0.25, 0.3) is 0 Å². The molecule has 1 aliphatic heterocycles. The molecule has 24 heavy (non-hydrogen) atoms. The van der Waals surface area contributed by atoms with E-state index >= 15 is 0 Å². The summed E-state index contributed by atoms with van der Waals surface area (Å²) < 4.78 is 12.9. The summed E-state index contributed by atoms with van der Waals surface area (Å²) in [6.07, 6.45) is 0.431. The third-order valence-corrected chi connectivity index (χ3v) is 5.21. The van der Waals surface area contributed by atoms with Crippen molar-refractivity contribution in [2.24, 2.45) is 0 Å². The lowest BCUT2D eigenvalue weighted by Gasteiger charge is -2.19. The van der Waals surface area contributed by atoms with Crippen molar-refractivity contribution in [2.75, 3.05) is 5.75 Å². The first-order valence-electron chi connectivity index (χ1n) is 7.60. The Hall–Kier alpha value is -2.09. The number of rotatable bonds is 6. The topological polar surface area (TPSA) is 78.5 Å². The van der Waals surface area contributed by atoms with E-state index in [-0.39, 0.29) is 16.8 Å². The summed E-state index contributed by atoms with van der Waals surface area (Å²) in [5.74, 6) is -1.16. The van der Waals surface area contributed by atoms with Crippen LogP contribution < -0.4 is 10.7 Å². The molecule has 0 bridgehead atoms. The summed E-state index contributed by atoms with van der Waals surface area (Å²) in [4.78, 5) is 36.0. The number of carbonyl (C=O) groups excluding carboxylic acids is 3. The number of nitrogens with one attached hydrogen (secondary N) is 2. The SMILES string of the molecule is CCC1(C)NC(=O)N(NC(=O)CSC(C)c2ccc(F)cc2)C1=O. The van der Waals surface area contributed by atoms with Crippen LogP contribution in [0.15, 0.2) is 24.3 Å². The van der Waals surface area contributed by atoms with E-state index in [1.54, 1.807) is 26.0 Å². The minimum Gasteiger partial charge on any atom is -0.322 e. The van der Waals surface area contributed by atoms with Crippen molar-refractivity contribution >= 4 is 29.6 Å². The van der Waals surface area contributed by atoms with Crippen LogP contribution in [0.5, 0.6) is 0 Å². The lowest BCUT2D eigenvalue weighted by Crippen LogP contribution is -2.49. The number of hydrogen-bond donors (Lipinski definition) is 2. The molecule has 130 valence electrons. The van der Waals surface area contributed by atoms with Crippen LogP contribution in [0.2, 0.25) is 0 Å². The maximum Gasteiger partial charge on any atom is 0.344 e. The van der Waals surface area contributed by atoms with Crippen molar-refractivity contribution in [1.82, 2.24) is 15.8 Å². The largest absolute Gasteiger partial charge is 0.344 e. The van der Waals surface area contributed by atoms with Crippen LogP contribution in [-0.2, 0) is 9.59 Å². The predicted octanol–water partition coefficient (Wildman–Crippen LogP) is 2.37. The molecule has 1 saturated heterocycles. The van der Waals surface area contributed by atoms with E-state index in [9.17, 15) is 18.8 Å². The number of hydrogen-bond acceptors (Lipinski definition) is 4. The monoisotopic (exact) mass is 353 g/mol. The van der Waals surface area contributed by atoms with Gasteiger partial charge in [0.1, 0.15) is 11.4 Å². The highest BCUT2D eigenvalue weighted by Crippen LogP contribution is 2.28. The van der Waals surface area contributed by atoms with Gasteiger partial charge in [-0.3, -0.25) is 15.0 Å². The predicted molar refractivity (Wildman–Crippen MR) is 89.5 cm³/mol. The molecule has 1 aromatic rings. The molecule has 1 fully saturated rings. The van der Waals surface area contributed by atoms with Gasteiger partial charge in [-0.2, -0.15) is 5.01 Å². The lowest BCUT2D eigenvalue weighted by molar-refractivity contribution is -0.137. The third-order valence-electron chi connectivity index (χ3n) is 4.01. The van der Waals surface area contributed by atoms with Gasteiger partial charge >= 0.3 is 6.03 Å². The number of amides is 4. The minimum absolute atomic E-state index is 0.0274. The van der Waals surface area contributed by atoms with E-state index in [1.807, 2.05) is 6.92 Å². The smallest absolute Gasteiger partial charge is 0.322 e. The second-order valence-corrected chi connectivity index (χ2v) is 7.13. The molecule has 2 unspecified atom stereocenters. The van der Waals surface area contributed by atoms with Gasteiger partial charge in [0.2, 0.25) is 5.91 Å². The van der Waals surface area contributed by atoms with Crippen molar-refractivity contribution in [3.05, 3.63) is 35.6 Å². The molecule has 0 radical (unpaired) electrons. The van der Waals surface area contributed by atoms with Crippen LogP contribution in [-0.4, -0.2) is 34.1 Å². The quantitative estimate of drug-likeness (QED) is 0.770. The summed E-state index contributed by atoms with van der Waals surface area (Å²) in [5.41, 5.74) is 2.24. The zero-order chi connectivity index (χ0) is 17.9. The molecule has 1 aliphatic rings. The highest BCUT2D eigenvalue weighted by molar-refractivity contribution is 8.00. The molecule has 8 heteroatoms. The fourth-order valence-electron chi connectivity index (χ4n) is 2.21. The summed E-state index contributed by atoms with van der Waals surface area (Å²) in [6, 6.07) is 5.43. The van der Waals surface area contributed by atoms with Gasteiger partial charge in [-0.05, 0) is 38.0 Å². The lowest BCUT2D eigenvalue weighted by atomic mass is 10.00. The zero-order valence-corrected chi connectivity index (χ0v) is 14.6. The van der Waals surface area contributed by atoms with Gasteiger partial charge in [0.15, 0.2) is 0 Å². The number of hydrazine groups is 1. The molecular formula is C16H20FN3O3S. The van der Waals surface area contributed by atoms with E-state index in [0.717, 1.165) is 10.6 Å². The number of thioether (sulfide) groups is 1. The number of imide groups is 1.